The maximum absolute atomic E-state index is 11.5. The molecular formula is C13H19NO3S. The highest BCUT2D eigenvalue weighted by atomic mass is 32.2. The van der Waals surface area contributed by atoms with E-state index in [1.165, 1.54) is 5.56 Å². The Balaban J connectivity index is 1.72. The highest BCUT2D eigenvalue weighted by molar-refractivity contribution is 7.89. The number of benzene rings is 1. The number of aryl methyl sites for hydroxylation is 1. The van der Waals surface area contributed by atoms with Gasteiger partial charge in [-0.3, -0.25) is 0 Å². The lowest BCUT2D eigenvalue weighted by molar-refractivity contribution is 0.292. The van der Waals surface area contributed by atoms with Crippen LogP contribution in [0.3, 0.4) is 0 Å². The lowest BCUT2D eigenvalue weighted by Crippen LogP contribution is -2.27. The zero-order chi connectivity index (χ0) is 13.0. The first-order chi connectivity index (χ1) is 8.58. The van der Waals surface area contributed by atoms with Crippen molar-refractivity contribution < 1.29 is 13.2 Å². The Bertz CT molecular complexity index is 481. The van der Waals surface area contributed by atoms with Crippen LogP contribution in [0.1, 0.15) is 18.4 Å². The highest BCUT2D eigenvalue weighted by Crippen LogP contribution is 2.14. The van der Waals surface area contributed by atoms with Crippen LogP contribution < -0.4 is 4.74 Å². The number of ether oxygens (including phenoxy) is 1. The molecule has 1 aliphatic rings. The van der Waals surface area contributed by atoms with Crippen molar-refractivity contribution in [3.8, 4) is 5.75 Å². The van der Waals surface area contributed by atoms with Gasteiger partial charge >= 0.3 is 0 Å². The van der Waals surface area contributed by atoms with E-state index in [0.717, 1.165) is 18.6 Å². The van der Waals surface area contributed by atoms with Gasteiger partial charge in [-0.1, -0.05) is 17.7 Å². The third-order valence-electron chi connectivity index (χ3n) is 3.04. The van der Waals surface area contributed by atoms with Crippen molar-refractivity contribution in [1.29, 1.82) is 0 Å². The van der Waals surface area contributed by atoms with E-state index in [4.69, 9.17) is 4.74 Å². The third-order valence-corrected chi connectivity index (χ3v) is 5.00. The lowest BCUT2D eigenvalue weighted by atomic mass is 10.2. The average molecular weight is 269 g/mol. The van der Waals surface area contributed by atoms with Crippen LogP contribution in [0.15, 0.2) is 24.3 Å². The summed E-state index contributed by atoms with van der Waals surface area (Å²) in [5, 5.41) is 0. The van der Waals surface area contributed by atoms with E-state index in [0.29, 0.717) is 25.4 Å². The fourth-order valence-corrected chi connectivity index (χ4v) is 3.57. The Morgan fingerprint density at radius 3 is 2.61 bits per heavy atom. The van der Waals surface area contributed by atoms with Gasteiger partial charge in [0, 0.05) is 13.1 Å². The molecule has 0 unspecified atom stereocenters. The molecule has 0 aliphatic carbocycles. The van der Waals surface area contributed by atoms with Crippen LogP contribution in [0.25, 0.3) is 0 Å². The summed E-state index contributed by atoms with van der Waals surface area (Å²) in [6.07, 6.45) is 1.48. The van der Waals surface area contributed by atoms with Crippen molar-refractivity contribution in [1.82, 2.24) is 4.31 Å². The largest absolute Gasteiger partial charge is 0.494 e. The van der Waals surface area contributed by atoms with Gasteiger partial charge in [0.25, 0.3) is 0 Å². The van der Waals surface area contributed by atoms with E-state index in [1.54, 1.807) is 4.31 Å². The van der Waals surface area contributed by atoms with E-state index in [-0.39, 0.29) is 0 Å². The minimum atomic E-state index is -2.96. The van der Waals surface area contributed by atoms with Gasteiger partial charge in [0.05, 0.1) is 12.4 Å². The standard InChI is InChI=1S/C13H19NO3S/c1-12-4-6-13(7-5-12)17-10-2-8-14-9-3-11-18(14,15)16/h4-7H,2-3,8-11H2,1H3. The smallest absolute Gasteiger partial charge is 0.214 e. The van der Waals surface area contributed by atoms with E-state index < -0.39 is 10.0 Å². The Morgan fingerprint density at radius 2 is 2.00 bits per heavy atom. The molecule has 4 nitrogen and oxygen atoms in total. The third kappa shape index (κ3) is 3.46. The molecule has 0 aromatic heterocycles. The van der Waals surface area contributed by atoms with Gasteiger partial charge in [0.1, 0.15) is 5.75 Å². The molecule has 1 fully saturated rings. The molecule has 1 saturated heterocycles. The van der Waals surface area contributed by atoms with Crippen LogP contribution in [-0.2, 0) is 10.0 Å². The second-order valence-corrected chi connectivity index (χ2v) is 6.67. The first-order valence-electron chi connectivity index (χ1n) is 6.25. The molecule has 1 aromatic rings. The molecule has 5 heteroatoms. The Morgan fingerprint density at radius 1 is 1.28 bits per heavy atom. The predicted octanol–water partition coefficient (Wildman–Crippen LogP) is 1.80. The Kier molecular flexibility index (Phi) is 4.24. The summed E-state index contributed by atoms with van der Waals surface area (Å²) in [7, 11) is -2.96. The average Bonchev–Trinajstić information content (AvgIpc) is 2.66. The summed E-state index contributed by atoms with van der Waals surface area (Å²) >= 11 is 0. The topological polar surface area (TPSA) is 46.6 Å². The van der Waals surface area contributed by atoms with Crippen LogP contribution in [0.2, 0.25) is 0 Å². The van der Waals surface area contributed by atoms with Crippen LogP contribution >= 0.6 is 0 Å². The molecule has 1 heterocycles. The van der Waals surface area contributed by atoms with Crippen molar-refractivity contribution in [2.45, 2.75) is 19.8 Å². The normalized spacial score (nSPS) is 18.9. The Hall–Kier alpha value is -1.07. The molecule has 0 radical (unpaired) electrons. The molecule has 1 aromatic carbocycles. The number of nitrogens with zero attached hydrogens (tertiary/aromatic N) is 1. The monoisotopic (exact) mass is 269 g/mol. The van der Waals surface area contributed by atoms with Crippen molar-refractivity contribution in [2.24, 2.45) is 0 Å². The molecule has 100 valence electrons. The molecule has 0 bridgehead atoms. The molecule has 2 rings (SSSR count). The highest BCUT2D eigenvalue weighted by Gasteiger charge is 2.27. The van der Waals surface area contributed by atoms with E-state index in [2.05, 4.69) is 0 Å². The first kappa shape index (κ1) is 13.4. The maximum atomic E-state index is 11.5. The summed E-state index contributed by atoms with van der Waals surface area (Å²) in [5.41, 5.74) is 1.20. The summed E-state index contributed by atoms with van der Waals surface area (Å²) in [6, 6.07) is 7.87. The summed E-state index contributed by atoms with van der Waals surface area (Å²) in [4.78, 5) is 0. The molecule has 1 aliphatic heterocycles. The van der Waals surface area contributed by atoms with E-state index in [1.807, 2.05) is 31.2 Å². The van der Waals surface area contributed by atoms with Crippen LogP contribution in [0.5, 0.6) is 5.75 Å². The zero-order valence-corrected chi connectivity index (χ0v) is 11.4. The fraction of sp³-hybridized carbons (Fsp3) is 0.538. The van der Waals surface area contributed by atoms with Crippen molar-refractivity contribution >= 4 is 10.0 Å². The summed E-state index contributed by atoms with van der Waals surface area (Å²) < 4.78 is 30.2. The van der Waals surface area contributed by atoms with Gasteiger partial charge in [-0.05, 0) is 31.9 Å². The van der Waals surface area contributed by atoms with Crippen molar-refractivity contribution in [2.75, 3.05) is 25.4 Å². The molecule has 0 spiro atoms. The maximum Gasteiger partial charge on any atom is 0.214 e. The number of rotatable bonds is 5. The number of sulfonamides is 1. The van der Waals surface area contributed by atoms with Gasteiger partial charge in [0.15, 0.2) is 0 Å². The van der Waals surface area contributed by atoms with Gasteiger partial charge in [-0.2, -0.15) is 0 Å². The molecule has 18 heavy (non-hydrogen) atoms. The molecule has 0 N–H and O–H groups in total. The minimum absolute atomic E-state index is 0.297. The van der Waals surface area contributed by atoms with Crippen molar-refractivity contribution in [3.63, 3.8) is 0 Å². The molecular weight excluding hydrogens is 250 g/mol. The van der Waals surface area contributed by atoms with Gasteiger partial charge in [0.2, 0.25) is 10.0 Å². The second kappa shape index (κ2) is 5.71. The lowest BCUT2D eigenvalue weighted by Gasteiger charge is -2.14. The van der Waals surface area contributed by atoms with Crippen LogP contribution in [0.4, 0.5) is 0 Å². The number of hydrogen-bond acceptors (Lipinski definition) is 3. The summed E-state index contributed by atoms with van der Waals surface area (Å²) in [6.45, 7) is 3.80. The molecule has 0 saturated carbocycles. The van der Waals surface area contributed by atoms with Gasteiger partial charge in [-0.15, -0.1) is 0 Å². The SMILES string of the molecule is Cc1ccc(OCCCN2CCCS2(=O)=O)cc1. The fourth-order valence-electron chi connectivity index (χ4n) is 2.01. The summed E-state index contributed by atoms with van der Waals surface area (Å²) in [5.74, 6) is 1.14. The first-order valence-corrected chi connectivity index (χ1v) is 7.86. The van der Waals surface area contributed by atoms with Crippen LogP contribution in [-0.4, -0.2) is 38.2 Å². The Labute approximate surface area is 109 Å². The van der Waals surface area contributed by atoms with E-state index in [9.17, 15) is 8.42 Å². The van der Waals surface area contributed by atoms with Crippen LogP contribution in [0, 0.1) is 6.92 Å². The minimum Gasteiger partial charge on any atom is -0.494 e. The van der Waals surface area contributed by atoms with Crippen molar-refractivity contribution in [3.05, 3.63) is 29.8 Å². The van der Waals surface area contributed by atoms with E-state index >= 15 is 0 Å². The predicted molar refractivity (Wildman–Crippen MR) is 71.3 cm³/mol. The molecule has 0 amide bonds. The zero-order valence-electron chi connectivity index (χ0n) is 10.6. The number of hydrogen-bond donors (Lipinski definition) is 0. The molecule has 0 atom stereocenters. The quantitative estimate of drug-likeness (QED) is 0.766. The van der Waals surface area contributed by atoms with Gasteiger partial charge < -0.3 is 4.74 Å². The second-order valence-electron chi connectivity index (χ2n) is 4.58. The van der Waals surface area contributed by atoms with Gasteiger partial charge in [-0.25, -0.2) is 12.7 Å².